The van der Waals surface area contributed by atoms with Crippen LogP contribution in [-0.4, -0.2) is 40.4 Å². The van der Waals surface area contributed by atoms with Crippen LogP contribution in [0.5, 0.6) is 0 Å². The molecule has 27 heavy (non-hydrogen) atoms. The monoisotopic (exact) mass is 364 g/mol. The van der Waals surface area contributed by atoms with Crippen LogP contribution < -0.4 is 5.32 Å². The Balaban J connectivity index is 1.23. The van der Waals surface area contributed by atoms with Crippen LogP contribution in [0.15, 0.2) is 36.5 Å². The molecule has 5 heteroatoms. The molecule has 0 bridgehead atoms. The highest BCUT2D eigenvalue weighted by Crippen LogP contribution is 2.48. The van der Waals surface area contributed by atoms with Gasteiger partial charge >= 0.3 is 0 Å². The molecule has 2 aromatic rings. The molecule has 1 aromatic carbocycles. The Labute approximate surface area is 161 Å². The van der Waals surface area contributed by atoms with Crippen LogP contribution in [-0.2, 0) is 4.79 Å². The van der Waals surface area contributed by atoms with Crippen LogP contribution in [0.3, 0.4) is 0 Å². The Morgan fingerprint density at radius 3 is 2.63 bits per heavy atom. The van der Waals surface area contributed by atoms with Crippen molar-refractivity contribution >= 4 is 11.9 Å². The van der Waals surface area contributed by atoms with Crippen molar-refractivity contribution in [3.63, 3.8) is 0 Å². The Kier molecular flexibility index (Phi) is 5.10. The first kappa shape index (κ1) is 18.0. The van der Waals surface area contributed by atoms with Crippen molar-refractivity contribution in [1.29, 1.82) is 0 Å². The number of amides is 1. The molecule has 4 rings (SSSR count). The van der Waals surface area contributed by atoms with E-state index in [9.17, 15) is 4.79 Å². The predicted octanol–water partition coefficient (Wildman–Crippen LogP) is 3.55. The first-order valence-corrected chi connectivity index (χ1v) is 9.99. The first-order chi connectivity index (χ1) is 13.1. The van der Waals surface area contributed by atoms with E-state index >= 15 is 0 Å². The van der Waals surface area contributed by atoms with Gasteiger partial charge < -0.3 is 10.2 Å². The van der Waals surface area contributed by atoms with E-state index in [0.29, 0.717) is 23.7 Å². The molecule has 1 aliphatic carbocycles. The largest absolute Gasteiger partial charge is 0.354 e. The highest BCUT2D eigenvalue weighted by Gasteiger charge is 2.46. The second-order valence-electron chi connectivity index (χ2n) is 7.97. The fourth-order valence-corrected chi connectivity index (χ4v) is 3.98. The molecule has 1 aromatic heterocycles. The van der Waals surface area contributed by atoms with E-state index in [0.717, 1.165) is 50.2 Å². The molecule has 1 N–H and O–H groups in total. The third-order valence-electron chi connectivity index (χ3n) is 6.04. The van der Waals surface area contributed by atoms with Gasteiger partial charge in [-0.2, -0.15) is 0 Å². The predicted molar refractivity (Wildman–Crippen MR) is 107 cm³/mol. The maximum Gasteiger partial charge on any atom is 0.226 e. The minimum Gasteiger partial charge on any atom is -0.354 e. The van der Waals surface area contributed by atoms with Crippen LogP contribution in [0, 0.1) is 25.7 Å². The summed E-state index contributed by atoms with van der Waals surface area (Å²) in [5, 5.41) is 3.36. The Morgan fingerprint density at radius 2 is 1.93 bits per heavy atom. The third kappa shape index (κ3) is 4.12. The van der Waals surface area contributed by atoms with Gasteiger partial charge in [0, 0.05) is 37.4 Å². The fourth-order valence-electron chi connectivity index (χ4n) is 3.98. The second-order valence-corrected chi connectivity index (χ2v) is 7.97. The standard InChI is InChI=1S/C22H28N4O/c1-15-13-23-22(25-16(15)2)24-14-17-8-10-26(11-9-17)21(27)20-12-19(20)18-6-4-3-5-7-18/h3-7,13,17,19-20H,8-12,14H2,1-2H3,(H,23,24,25)/t19-,20+/m0/s1. The molecule has 1 saturated heterocycles. The minimum atomic E-state index is 0.200. The number of anilines is 1. The number of carbonyl (C=O) groups is 1. The molecule has 2 atom stereocenters. The number of hydrogen-bond acceptors (Lipinski definition) is 4. The summed E-state index contributed by atoms with van der Waals surface area (Å²) in [5.41, 5.74) is 3.44. The molecule has 0 radical (unpaired) electrons. The van der Waals surface area contributed by atoms with E-state index in [4.69, 9.17) is 0 Å². The lowest BCUT2D eigenvalue weighted by Crippen LogP contribution is -2.40. The lowest BCUT2D eigenvalue weighted by Gasteiger charge is -2.32. The number of nitrogens with one attached hydrogen (secondary N) is 1. The summed E-state index contributed by atoms with van der Waals surface area (Å²) in [4.78, 5) is 23.7. The molecular weight excluding hydrogens is 336 g/mol. The van der Waals surface area contributed by atoms with Gasteiger partial charge in [0.25, 0.3) is 0 Å². The molecule has 2 fully saturated rings. The topological polar surface area (TPSA) is 58.1 Å². The van der Waals surface area contributed by atoms with Gasteiger partial charge in [-0.3, -0.25) is 4.79 Å². The summed E-state index contributed by atoms with van der Waals surface area (Å²) in [6.07, 6.45) is 4.97. The summed E-state index contributed by atoms with van der Waals surface area (Å²) in [7, 11) is 0. The zero-order chi connectivity index (χ0) is 18.8. The van der Waals surface area contributed by atoms with Crippen molar-refractivity contribution in [2.75, 3.05) is 25.0 Å². The van der Waals surface area contributed by atoms with E-state index < -0.39 is 0 Å². The third-order valence-corrected chi connectivity index (χ3v) is 6.04. The van der Waals surface area contributed by atoms with Crippen LogP contribution in [0.2, 0.25) is 0 Å². The quantitative estimate of drug-likeness (QED) is 0.881. The summed E-state index contributed by atoms with van der Waals surface area (Å²) in [6, 6.07) is 10.4. The SMILES string of the molecule is Cc1cnc(NCC2CCN(C(=O)[C@@H]3C[C@H]3c3ccccc3)CC2)nc1C. The number of piperidine rings is 1. The molecule has 1 aliphatic heterocycles. The molecule has 2 aliphatic rings. The molecule has 1 amide bonds. The van der Waals surface area contributed by atoms with E-state index in [1.807, 2.05) is 26.1 Å². The summed E-state index contributed by atoms with van der Waals surface area (Å²) < 4.78 is 0. The highest BCUT2D eigenvalue weighted by atomic mass is 16.2. The van der Waals surface area contributed by atoms with Gasteiger partial charge in [-0.05, 0) is 56.1 Å². The fraction of sp³-hybridized carbons (Fsp3) is 0.500. The number of benzene rings is 1. The van der Waals surface area contributed by atoms with E-state index in [1.54, 1.807) is 0 Å². The maximum atomic E-state index is 12.8. The molecule has 142 valence electrons. The normalized spacial score (nSPS) is 22.5. The summed E-state index contributed by atoms with van der Waals surface area (Å²) >= 11 is 0. The second kappa shape index (κ2) is 7.67. The molecule has 0 spiro atoms. The number of likely N-dealkylation sites (tertiary alicyclic amines) is 1. The van der Waals surface area contributed by atoms with Gasteiger partial charge in [0.15, 0.2) is 0 Å². The van der Waals surface area contributed by atoms with Gasteiger partial charge in [-0.1, -0.05) is 30.3 Å². The van der Waals surface area contributed by atoms with Crippen molar-refractivity contribution in [1.82, 2.24) is 14.9 Å². The van der Waals surface area contributed by atoms with Crippen LogP contribution in [0.1, 0.15) is 42.0 Å². The average molecular weight is 364 g/mol. The molecule has 1 saturated carbocycles. The van der Waals surface area contributed by atoms with Crippen molar-refractivity contribution in [2.24, 2.45) is 11.8 Å². The highest BCUT2D eigenvalue weighted by molar-refractivity contribution is 5.83. The zero-order valence-corrected chi connectivity index (χ0v) is 16.2. The Hall–Kier alpha value is -2.43. The summed E-state index contributed by atoms with van der Waals surface area (Å²) in [5.74, 6) is 2.27. The number of hydrogen-bond donors (Lipinski definition) is 1. The van der Waals surface area contributed by atoms with Gasteiger partial charge in [0.1, 0.15) is 0 Å². The van der Waals surface area contributed by atoms with Crippen molar-refractivity contribution in [2.45, 2.75) is 39.0 Å². The summed E-state index contributed by atoms with van der Waals surface area (Å²) in [6.45, 7) is 6.65. The number of rotatable bonds is 5. The molecule has 0 unspecified atom stereocenters. The number of aryl methyl sites for hydroxylation is 2. The van der Waals surface area contributed by atoms with Crippen molar-refractivity contribution in [3.8, 4) is 0 Å². The zero-order valence-electron chi connectivity index (χ0n) is 16.2. The van der Waals surface area contributed by atoms with Crippen molar-refractivity contribution in [3.05, 3.63) is 53.3 Å². The number of carbonyl (C=O) groups excluding carboxylic acids is 1. The van der Waals surface area contributed by atoms with E-state index in [-0.39, 0.29) is 5.92 Å². The lowest BCUT2D eigenvalue weighted by atomic mass is 9.96. The van der Waals surface area contributed by atoms with Crippen LogP contribution >= 0.6 is 0 Å². The Bertz CT molecular complexity index is 799. The lowest BCUT2D eigenvalue weighted by molar-refractivity contribution is -0.134. The maximum absolute atomic E-state index is 12.8. The van der Waals surface area contributed by atoms with Crippen LogP contribution in [0.4, 0.5) is 5.95 Å². The first-order valence-electron chi connectivity index (χ1n) is 9.99. The van der Waals surface area contributed by atoms with E-state index in [1.165, 1.54) is 5.56 Å². The minimum absolute atomic E-state index is 0.200. The molecule has 2 heterocycles. The Morgan fingerprint density at radius 1 is 1.19 bits per heavy atom. The molecular formula is C22H28N4O. The van der Waals surface area contributed by atoms with Gasteiger partial charge in [0.2, 0.25) is 11.9 Å². The van der Waals surface area contributed by atoms with Gasteiger partial charge in [-0.15, -0.1) is 0 Å². The average Bonchev–Trinajstić information content (AvgIpc) is 3.50. The van der Waals surface area contributed by atoms with Crippen molar-refractivity contribution < 1.29 is 4.79 Å². The van der Waals surface area contributed by atoms with Gasteiger partial charge in [0.05, 0.1) is 0 Å². The van der Waals surface area contributed by atoms with Crippen LogP contribution in [0.25, 0.3) is 0 Å². The van der Waals surface area contributed by atoms with Gasteiger partial charge in [-0.25, -0.2) is 9.97 Å². The smallest absolute Gasteiger partial charge is 0.226 e. The number of aromatic nitrogens is 2. The van der Waals surface area contributed by atoms with E-state index in [2.05, 4.69) is 44.5 Å². The molecule has 5 nitrogen and oxygen atoms in total. The number of nitrogens with zero attached hydrogens (tertiary/aromatic N) is 3.